The van der Waals surface area contributed by atoms with E-state index >= 15 is 0 Å². The number of methoxy groups -OCH3 is 1. The van der Waals surface area contributed by atoms with Crippen LogP contribution in [0.25, 0.3) is 0 Å². The van der Waals surface area contributed by atoms with Crippen molar-refractivity contribution in [3.63, 3.8) is 0 Å². The number of aromatic nitrogens is 1. The molecule has 0 bridgehead atoms. The molecule has 2 N–H and O–H groups in total. The average molecular weight is 470 g/mol. The number of esters is 1. The van der Waals surface area contributed by atoms with Crippen molar-refractivity contribution in [3.8, 4) is 11.5 Å². The third kappa shape index (κ3) is 5.67. The van der Waals surface area contributed by atoms with Gasteiger partial charge in [-0.25, -0.2) is 18.6 Å². The minimum Gasteiger partial charge on any atom is -0.503 e. The standard InChI is InChI=1S/C25H24F2N2O5/c1-14(29-24(31)22-23(30)20(33-3)10-11-28-22)25(32)34-15(2)21(16-6-4-8-18(26)12-16)17-7-5-9-19(27)13-17/h4-15,21,30H,1-3H3,(H,29,31)/t14-,15-/m0/s1. The van der Waals surface area contributed by atoms with E-state index in [1.54, 1.807) is 19.1 Å². The van der Waals surface area contributed by atoms with Crippen LogP contribution < -0.4 is 10.1 Å². The molecule has 34 heavy (non-hydrogen) atoms. The molecule has 1 heterocycles. The third-order valence-corrected chi connectivity index (χ3v) is 5.21. The largest absolute Gasteiger partial charge is 0.503 e. The first kappa shape index (κ1) is 24.6. The Morgan fingerprint density at radius 2 is 1.59 bits per heavy atom. The third-order valence-electron chi connectivity index (χ3n) is 5.21. The highest BCUT2D eigenvalue weighted by Crippen LogP contribution is 2.31. The van der Waals surface area contributed by atoms with Crippen LogP contribution in [-0.4, -0.2) is 41.2 Å². The first-order valence-electron chi connectivity index (χ1n) is 10.5. The fourth-order valence-corrected chi connectivity index (χ4v) is 3.58. The topological polar surface area (TPSA) is 97.8 Å². The number of carbonyl (C=O) groups is 2. The Balaban J connectivity index is 1.78. The molecular formula is C25H24F2N2O5. The number of rotatable bonds is 8. The maximum absolute atomic E-state index is 13.9. The van der Waals surface area contributed by atoms with E-state index in [-0.39, 0.29) is 11.4 Å². The van der Waals surface area contributed by atoms with Crippen molar-refractivity contribution in [2.24, 2.45) is 0 Å². The van der Waals surface area contributed by atoms with Crippen molar-refractivity contribution in [3.05, 3.63) is 89.2 Å². The summed E-state index contributed by atoms with van der Waals surface area (Å²) in [7, 11) is 1.33. The van der Waals surface area contributed by atoms with Gasteiger partial charge >= 0.3 is 5.97 Å². The Bertz CT molecular complexity index is 1140. The van der Waals surface area contributed by atoms with Crippen LogP contribution in [0.15, 0.2) is 60.8 Å². The molecular weight excluding hydrogens is 446 g/mol. The van der Waals surface area contributed by atoms with Crippen LogP contribution in [0.3, 0.4) is 0 Å². The lowest BCUT2D eigenvalue weighted by Crippen LogP contribution is -2.41. The summed E-state index contributed by atoms with van der Waals surface area (Å²) < 4.78 is 38.3. The minimum absolute atomic E-state index is 0.0528. The monoisotopic (exact) mass is 470 g/mol. The molecule has 2 atom stereocenters. The number of aromatic hydroxyl groups is 1. The maximum atomic E-state index is 13.9. The number of hydrogen-bond acceptors (Lipinski definition) is 6. The van der Waals surface area contributed by atoms with Crippen molar-refractivity contribution in [1.82, 2.24) is 10.3 Å². The van der Waals surface area contributed by atoms with E-state index in [0.717, 1.165) is 0 Å². The van der Waals surface area contributed by atoms with Crippen molar-refractivity contribution in [1.29, 1.82) is 0 Å². The molecule has 0 radical (unpaired) electrons. The number of halogens is 2. The van der Waals surface area contributed by atoms with E-state index in [1.807, 2.05) is 0 Å². The van der Waals surface area contributed by atoms with Crippen LogP contribution in [0.1, 0.15) is 41.4 Å². The molecule has 2 aromatic carbocycles. The van der Waals surface area contributed by atoms with Gasteiger partial charge in [0.25, 0.3) is 5.91 Å². The Morgan fingerprint density at radius 1 is 1.00 bits per heavy atom. The zero-order valence-electron chi connectivity index (χ0n) is 18.8. The second kappa shape index (κ2) is 10.7. The molecule has 0 saturated carbocycles. The fourth-order valence-electron chi connectivity index (χ4n) is 3.58. The van der Waals surface area contributed by atoms with Gasteiger partial charge in [-0.1, -0.05) is 24.3 Å². The molecule has 7 nitrogen and oxygen atoms in total. The number of benzene rings is 2. The van der Waals surface area contributed by atoms with E-state index in [9.17, 15) is 23.5 Å². The first-order valence-corrected chi connectivity index (χ1v) is 10.5. The first-order chi connectivity index (χ1) is 16.2. The molecule has 3 aromatic rings. The van der Waals surface area contributed by atoms with Crippen LogP contribution in [-0.2, 0) is 9.53 Å². The number of nitrogens with zero attached hydrogens (tertiary/aromatic N) is 1. The lowest BCUT2D eigenvalue weighted by molar-refractivity contribution is -0.150. The summed E-state index contributed by atoms with van der Waals surface area (Å²) in [4.78, 5) is 29.1. The van der Waals surface area contributed by atoms with Gasteiger partial charge in [0.1, 0.15) is 23.8 Å². The Kier molecular flexibility index (Phi) is 7.78. The molecule has 9 heteroatoms. The molecule has 0 fully saturated rings. The molecule has 0 unspecified atom stereocenters. The van der Waals surface area contributed by atoms with Gasteiger partial charge in [-0.2, -0.15) is 0 Å². The highest BCUT2D eigenvalue weighted by Gasteiger charge is 2.29. The summed E-state index contributed by atoms with van der Waals surface area (Å²) in [6.07, 6.45) is 0.444. The van der Waals surface area contributed by atoms with Gasteiger partial charge in [-0.3, -0.25) is 4.79 Å². The molecule has 3 rings (SSSR count). The maximum Gasteiger partial charge on any atom is 0.328 e. The molecule has 0 spiro atoms. The number of nitrogens with one attached hydrogen (secondary N) is 1. The highest BCUT2D eigenvalue weighted by atomic mass is 19.1. The number of ether oxygens (including phenoxy) is 2. The Hall–Kier alpha value is -4.01. The quantitative estimate of drug-likeness (QED) is 0.484. The molecule has 1 aromatic heterocycles. The number of hydrogen-bond donors (Lipinski definition) is 2. The van der Waals surface area contributed by atoms with Gasteiger partial charge in [0.2, 0.25) is 0 Å². The van der Waals surface area contributed by atoms with Crippen LogP contribution >= 0.6 is 0 Å². The zero-order chi connectivity index (χ0) is 24.8. The Labute approximate surface area is 195 Å². The van der Waals surface area contributed by atoms with Crippen molar-refractivity contribution >= 4 is 11.9 Å². The van der Waals surface area contributed by atoms with Crippen LogP contribution in [0.5, 0.6) is 11.5 Å². The molecule has 0 aliphatic rings. The summed E-state index contributed by atoms with van der Waals surface area (Å²) in [6, 6.07) is 11.8. The second-order valence-electron chi connectivity index (χ2n) is 7.64. The van der Waals surface area contributed by atoms with E-state index < -0.39 is 47.3 Å². The number of carbonyl (C=O) groups excluding carboxylic acids is 2. The van der Waals surface area contributed by atoms with E-state index in [2.05, 4.69) is 10.3 Å². The zero-order valence-corrected chi connectivity index (χ0v) is 18.8. The summed E-state index contributed by atoms with van der Waals surface area (Å²) in [6.45, 7) is 3.01. The van der Waals surface area contributed by atoms with Crippen molar-refractivity contribution in [2.45, 2.75) is 31.9 Å². The highest BCUT2D eigenvalue weighted by molar-refractivity contribution is 5.97. The molecule has 1 amide bonds. The predicted molar refractivity (Wildman–Crippen MR) is 120 cm³/mol. The van der Waals surface area contributed by atoms with Crippen LogP contribution in [0.2, 0.25) is 0 Å². The smallest absolute Gasteiger partial charge is 0.328 e. The van der Waals surface area contributed by atoms with Crippen LogP contribution in [0, 0.1) is 11.6 Å². The normalized spacial score (nSPS) is 12.6. The predicted octanol–water partition coefficient (Wildman–Crippen LogP) is 3.96. The van der Waals surface area contributed by atoms with Gasteiger partial charge in [0.15, 0.2) is 17.2 Å². The van der Waals surface area contributed by atoms with Gasteiger partial charge in [0, 0.05) is 18.2 Å². The van der Waals surface area contributed by atoms with E-state index in [0.29, 0.717) is 11.1 Å². The number of amides is 1. The molecule has 0 saturated heterocycles. The molecule has 0 aliphatic heterocycles. The van der Waals surface area contributed by atoms with E-state index in [4.69, 9.17) is 9.47 Å². The van der Waals surface area contributed by atoms with Gasteiger partial charge < -0.3 is 19.9 Å². The molecule has 178 valence electrons. The second-order valence-corrected chi connectivity index (χ2v) is 7.64. The van der Waals surface area contributed by atoms with Gasteiger partial charge in [-0.15, -0.1) is 0 Å². The molecule has 0 aliphatic carbocycles. The van der Waals surface area contributed by atoms with E-state index in [1.165, 1.54) is 62.7 Å². The summed E-state index contributed by atoms with van der Waals surface area (Å²) >= 11 is 0. The van der Waals surface area contributed by atoms with Crippen LogP contribution in [0.4, 0.5) is 8.78 Å². The lowest BCUT2D eigenvalue weighted by atomic mass is 9.87. The summed E-state index contributed by atoms with van der Waals surface area (Å²) in [5.41, 5.74) is 0.672. The van der Waals surface area contributed by atoms with Crippen molar-refractivity contribution in [2.75, 3.05) is 7.11 Å². The summed E-state index contributed by atoms with van der Waals surface area (Å²) in [5.74, 6) is -3.62. The summed E-state index contributed by atoms with van der Waals surface area (Å²) in [5, 5.41) is 12.5. The fraction of sp³-hybridized carbons (Fsp3) is 0.240. The minimum atomic E-state index is -1.11. The van der Waals surface area contributed by atoms with Gasteiger partial charge in [0.05, 0.1) is 7.11 Å². The lowest BCUT2D eigenvalue weighted by Gasteiger charge is -2.26. The average Bonchev–Trinajstić information content (AvgIpc) is 2.79. The SMILES string of the molecule is COc1ccnc(C(=O)N[C@@H](C)C(=O)O[C@@H](C)C(c2cccc(F)c2)c2cccc(F)c2)c1O. The Morgan fingerprint density at radius 3 is 2.12 bits per heavy atom. The van der Waals surface area contributed by atoms with Gasteiger partial charge in [-0.05, 0) is 49.2 Å². The number of pyridine rings is 1. The van der Waals surface area contributed by atoms with Crippen molar-refractivity contribution < 1.29 is 33.0 Å².